The number of carbonyl (C=O) groups excluding carboxylic acids is 1. The van der Waals surface area contributed by atoms with E-state index in [1.165, 1.54) is 12.1 Å². The van der Waals surface area contributed by atoms with E-state index in [0.29, 0.717) is 15.1 Å². The molecule has 2 rings (SSSR count). The van der Waals surface area contributed by atoms with E-state index in [2.05, 4.69) is 10.4 Å². The highest BCUT2D eigenvalue weighted by Gasteiger charge is 2.20. The molecule has 0 unspecified atom stereocenters. The predicted molar refractivity (Wildman–Crippen MR) is 79.9 cm³/mol. The topological polar surface area (TPSA) is 125 Å². The van der Waals surface area contributed by atoms with Crippen LogP contribution in [0.5, 0.6) is 0 Å². The highest BCUT2D eigenvalue weighted by Crippen LogP contribution is 2.10. The molecule has 0 aliphatic carbocycles. The van der Waals surface area contributed by atoms with Crippen molar-refractivity contribution < 1.29 is 24.2 Å². The third kappa shape index (κ3) is 3.95. The van der Waals surface area contributed by atoms with Gasteiger partial charge in [-0.25, -0.2) is 4.73 Å². The van der Waals surface area contributed by atoms with Gasteiger partial charge in [0, 0.05) is 10.9 Å². The van der Waals surface area contributed by atoms with Crippen LogP contribution in [0.3, 0.4) is 0 Å². The largest absolute Gasteiger partial charge is 0.739 e. The SMILES string of the molecule is CC(C)OC(=O)CCNc1n[n+]([O-])c2cc(CO)ccc2[n+]1[O-]. The molecule has 1 aromatic heterocycles. The summed E-state index contributed by atoms with van der Waals surface area (Å²) in [5.41, 5.74) is 0.664. The molecule has 0 saturated carbocycles. The normalized spacial score (nSPS) is 11.0. The number of anilines is 1. The molecule has 2 N–H and O–H groups in total. The molecule has 0 atom stereocenters. The van der Waals surface area contributed by atoms with Crippen molar-refractivity contribution in [2.24, 2.45) is 0 Å². The molecule has 0 spiro atoms. The number of hydrogen-bond donors (Lipinski definition) is 2. The van der Waals surface area contributed by atoms with Gasteiger partial charge in [-0.05, 0) is 25.5 Å². The maximum atomic E-state index is 12.2. The van der Waals surface area contributed by atoms with Gasteiger partial charge in [-0.1, -0.05) is 6.07 Å². The quantitative estimate of drug-likeness (QED) is 0.426. The number of nitrogens with one attached hydrogen (secondary N) is 1. The minimum atomic E-state index is -0.409. The van der Waals surface area contributed by atoms with Gasteiger partial charge in [0.05, 0.1) is 25.7 Å². The van der Waals surface area contributed by atoms with Gasteiger partial charge in [0.2, 0.25) is 5.10 Å². The molecule has 0 bridgehead atoms. The van der Waals surface area contributed by atoms with Gasteiger partial charge < -0.3 is 20.3 Å². The predicted octanol–water partition coefficient (Wildman–Crippen LogP) is -0.252. The lowest BCUT2D eigenvalue weighted by atomic mass is 10.2. The molecule has 124 valence electrons. The summed E-state index contributed by atoms with van der Waals surface area (Å²) in [7, 11) is 0. The lowest BCUT2D eigenvalue weighted by Gasteiger charge is -2.11. The lowest BCUT2D eigenvalue weighted by Crippen LogP contribution is -2.44. The lowest BCUT2D eigenvalue weighted by molar-refractivity contribution is -0.672. The molecule has 9 nitrogen and oxygen atoms in total. The summed E-state index contributed by atoms with van der Waals surface area (Å²) < 4.78 is 5.43. The summed E-state index contributed by atoms with van der Waals surface area (Å²) in [6.45, 7) is 3.35. The Morgan fingerprint density at radius 1 is 1.39 bits per heavy atom. The van der Waals surface area contributed by atoms with Crippen molar-refractivity contribution in [2.45, 2.75) is 33.0 Å². The second-order valence-electron chi connectivity index (χ2n) is 5.19. The van der Waals surface area contributed by atoms with Crippen LogP contribution in [0, 0.1) is 10.4 Å². The van der Waals surface area contributed by atoms with Crippen LogP contribution in [-0.4, -0.2) is 28.8 Å². The van der Waals surface area contributed by atoms with Crippen molar-refractivity contribution in [1.29, 1.82) is 0 Å². The van der Waals surface area contributed by atoms with Crippen molar-refractivity contribution >= 4 is 23.0 Å². The van der Waals surface area contributed by atoms with Crippen LogP contribution in [-0.2, 0) is 16.1 Å². The number of hydrogen-bond acceptors (Lipinski definition) is 7. The molecule has 1 heterocycles. The Balaban J connectivity index is 2.16. The first-order valence-electron chi connectivity index (χ1n) is 7.12. The molecular formula is C14H18N4O5. The highest BCUT2D eigenvalue weighted by molar-refractivity contribution is 5.70. The number of nitrogens with zero attached hydrogens (tertiary/aromatic N) is 3. The Kier molecular flexibility index (Phi) is 5.12. The molecule has 1 aromatic carbocycles. The second kappa shape index (κ2) is 7.05. The highest BCUT2D eigenvalue weighted by atomic mass is 16.5. The zero-order chi connectivity index (χ0) is 17.0. The summed E-state index contributed by atoms with van der Waals surface area (Å²) in [5, 5.41) is 39.4. The van der Waals surface area contributed by atoms with Crippen LogP contribution < -0.4 is 14.9 Å². The van der Waals surface area contributed by atoms with E-state index in [4.69, 9.17) is 9.84 Å². The molecule has 23 heavy (non-hydrogen) atoms. The fourth-order valence-corrected chi connectivity index (χ4v) is 1.99. The van der Waals surface area contributed by atoms with Crippen LogP contribution in [0.2, 0.25) is 0 Å². The number of aliphatic hydroxyl groups excluding tert-OH is 1. The number of rotatable bonds is 6. The Labute approximate surface area is 132 Å². The van der Waals surface area contributed by atoms with Gasteiger partial charge in [0.15, 0.2) is 5.52 Å². The number of esters is 1. The summed E-state index contributed by atoms with van der Waals surface area (Å²) in [6, 6.07) is 4.37. The smallest absolute Gasteiger partial charge is 0.460 e. The number of aliphatic hydroxyl groups is 1. The van der Waals surface area contributed by atoms with Crippen molar-refractivity contribution in [3.8, 4) is 0 Å². The van der Waals surface area contributed by atoms with Crippen LogP contribution in [0.25, 0.3) is 11.0 Å². The van der Waals surface area contributed by atoms with Crippen molar-refractivity contribution in [3.05, 3.63) is 34.2 Å². The van der Waals surface area contributed by atoms with E-state index in [9.17, 15) is 15.2 Å². The standard InChI is InChI=1S/C14H18N4O5/c1-9(2)23-13(20)5-6-15-14-16-18(22)12-7-10(8-19)3-4-11(12)17(14)21/h3-4,7,9,19H,5-6,8H2,1-2H3,(H,15,16). The molecule has 0 radical (unpaired) electrons. The first-order chi connectivity index (χ1) is 10.9. The van der Waals surface area contributed by atoms with Crippen molar-refractivity contribution in [3.63, 3.8) is 0 Å². The number of fused-ring (bicyclic) bond motifs is 1. The number of aromatic nitrogens is 3. The van der Waals surface area contributed by atoms with Gasteiger partial charge in [0.25, 0.3) is 5.52 Å². The number of benzene rings is 1. The van der Waals surface area contributed by atoms with E-state index in [1.54, 1.807) is 19.9 Å². The Hall–Kier alpha value is -2.68. The molecule has 0 saturated heterocycles. The monoisotopic (exact) mass is 322 g/mol. The van der Waals surface area contributed by atoms with Gasteiger partial charge in [-0.15, -0.1) is 0 Å². The van der Waals surface area contributed by atoms with Crippen molar-refractivity contribution in [1.82, 2.24) is 5.10 Å². The first kappa shape index (κ1) is 16.7. The van der Waals surface area contributed by atoms with Crippen LogP contribution in [0.4, 0.5) is 5.95 Å². The zero-order valence-electron chi connectivity index (χ0n) is 12.9. The summed E-state index contributed by atoms with van der Waals surface area (Å²) in [4.78, 5) is 11.7. The molecule has 0 amide bonds. The summed E-state index contributed by atoms with van der Waals surface area (Å²) in [5.74, 6) is -0.616. The Morgan fingerprint density at radius 2 is 2.13 bits per heavy atom. The molecule has 9 heteroatoms. The number of carbonyl (C=O) groups is 1. The third-order valence-electron chi connectivity index (χ3n) is 3.00. The maximum absolute atomic E-state index is 12.2. The summed E-state index contributed by atoms with van der Waals surface area (Å²) in [6.07, 6.45) is -0.171. The van der Waals surface area contributed by atoms with E-state index in [1.807, 2.05) is 0 Å². The zero-order valence-corrected chi connectivity index (χ0v) is 12.9. The van der Waals surface area contributed by atoms with E-state index in [-0.39, 0.29) is 42.7 Å². The second-order valence-corrected chi connectivity index (χ2v) is 5.19. The summed E-state index contributed by atoms with van der Waals surface area (Å²) >= 11 is 0. The van der Waals surface area contributed by atoms with Gasteiger partial charge in [0.1, 0.15) is 0 Å². The molecule has 0 aliphatic rings. The fraction of sp³-hybridized carbons (Fsp3) is 0.429. The van der Waals surface area contributed by atoms with Crippen LogP contribution >= 0.6 is 0 Å². The number of ether oxygens (including phenoxy) is 1. The maximum Gasteiger partial charge on any atom is 0.460 e. The van der Waals surface area contributed by atoms with E-state index in [0.717, 1.165) is 0 Å². The molecule has 0 fully saturated rings. The minimum Gasteiger partial charge on any atom is -0.739 e. The van der Waals surface area contributed by atoms with E-state index < -0.39 is 5.97 Å². The average molecular weight is 322 g/mol. The van der Waals surface area contributed by atoms with Crippen LogP contribution in [0.15, 0.2) is 18.2 Å². The molecule has 2 aromatic rings. The third-order valence-corrected chi connectivity index (χ3v) is 3.00. The first-order valence-corrected chi connectivity index (χ1v) is 7.12. The molecule has 0 aliphatic heterocycles. The Bertz CT molecular complexity index is 720. The van der Waals surface area contributed by atoms with E-state index >= 15 is 0 Å². The van der Waals surface area contributed by atoms with Crippen molar-refractivity contribution in [2.75, 3.05) is 11.9 Å². The minimum absolute atomic E-state index is 0.0419. The van der Waals surface area contributed by atoms with Gasteiger partial charge in [-0.2, -0.15) is 0 Å². The fourth-order valence-electron chi connectivity index (χ4n) is 1.99. The Morgan fingerprint density at radius 3 is 2.78 bits per heavy atom. The van der Waals surface area contributed by atoms with Gasteiger partial charge >= 0.3 is 11.9 Å². The van der Waals surface area contributed by atoms with Crippen LogP contribution in [0.1, 0.15) is 25.8 Å². The average Bonchev–Trinajstić information content (AvgIpc) is 2.50. The molecular weight excluding hydrogens is 304 g/mol. The van der Waals surface area contributed by atoms with Gasteiger partial charge in [-0.3, -0.25) is 10.1 Å².